The minimum absolute atomic E-state index is 0. The van der Waals surface area contributed by atoms with Crippen LogP contribution in [0.2, 0.25) is 0 Å². The highest BCUT2D eigenvalue weighted by Crippen LogP contribution is 2.10. The molecule has 0 aliphatic carbocycles. The van der Waals surface area contributed by atoms with Gasteiger partial charge in [-0.1, -0.05) is 6.07 Å². The van der Waals surface area contributed by atoms with Crippen molar-refractivity contribution in [1.82, 2.24) is 20.5 Å². The Labute approximate surface area is 175 Å². The molecule has 1 fully saturated rings. The number of rotatable bonds is 8. The van der Waals surface area contributed by atoms with E-state index in [1.807, 2.05) is 20.2 Å². The average Bonchev–Trinajstić information content (AvgIpc) is 2.64. The molecule has 2 heterocycles. The topological polar surface area (TPSA) is 61.8 Å². The number of methoxy groups -OCH3 is 1. The van der Waals surface area contributed by atoms with E-state index in [1.54, 1.807) is 7.11 Å². The molecule has 2 rings (SSSR count). The molecule has 0 amide bonds. The number of pyridine rings is 1. The van der Waals surface area contributed by atoms with Gasteiger partial charge in [-0.25, -0.2) is 0 Å². The molecule has 6 nitrogen and oxygen atoms in total. The quantitative estimate of drug-likeness (QED) is 0.261. The lowest BCUT2D eigenvalue weighted by Gasteiger charge is -2.33. The zero-order valence-corrected chi connectivity index (χ0v) is 18.7. The Morgan fingerprint density at radius 1 is 1.35 bits per heavy atom. The van der Waals surface area contributed by atoms with E-state index in [9.17, 15) is 0 Å². The largest absolute Gasteiger partial charge is 0.385 e. The van der Waals surface area contributed by atoms with Gasteiger partial charge in [0, 0.05) is 64.9 Å². The fourth-order valence-corrected chi connectivity index (χ4v) is 3.09. The van der Waals surface area contributed by atoms with Gasteiger partial charge in [0.05, 0.1) is 0 Å². The van der Waals surface area contributed by atoms with E-state index in [2.05, 4.69) is 37.6 Å². The molecule has 1 aromatic heterocycles. The predicted octanol–water partition coefficient (Wildman–Crippen LogP) is 2.22. The summed E-state index contributed by atoms with van der Waals surface area (Å²) in [6.07, 6.45) is 6.34. The van der Waals surface area contributed by atoms with E-state index in [0.717, 1.165) is 70.1 Å². The highest BCUT2D eigenvalue weighted by molar-refractivity contribution is 14.0. The van der Waals surface area contributed by atoms with Crippen molar-refractivity contribution in [3.8, 4) is 0 Å². The highest BCUT2D eigenvalue weighted by atomic mass is 127. The number of nitrogens with zero attached hydrogens (tertiary/aromatic N) is 3. The van der Waals surface area contributed by atoms with Crippen LogP contribution in [-0.2, 0) is 11.2 Å². The van der Waals surface area contributed by atoms with Crippen molar-refractivity contribution >= 4 is 29.9 Å². The van der Waals surface area contributed by atoms with Crippen molar-refractivity contribution in [2.75, 3.05) is 46.9 Å². The van der Waals surface area contributed by atoms with E-state index >= 15 is 0 Å². The number of ether oxygens (including phenoxy) is 1. The van der Waals surface area contributed by atoms with Crippen LogP contribution in [0.15, 0.2) is 23.3 Å². The summed E-state index contributed by atoms with van der Waals surface area (Å²) < 4.78 is 5.13. The monoisotopic (exact) mass is 475 g/mol. The van der Waals surface area contributed by atoms with Crippen LogP contribution >= 0.6 is 24.0 Å². The number of nitrogens with one attached hydrogen (secondary N) is 2. The maximum Gasteiger partial charge on any atom is 0.191 e. The van der Waals surface area contributed by atoms with Crippen molar-refractivity contribution < 1.29 is 4.74 Å². The van der Waals surface area contributed by atoms with Gasteiger partial charge < -0.3 is 20.3 Å². The molecule has 1 aliphatic rings. The summed E-state index contributed by atoms with van der Waals surface area (Å²) in [5.74, 6) is 0.901. The number of aliphatic imine (C=N–C) groups is 1. The van der Waals surface area contributed by atoms with Crippen LogP contribution < -0.4 is 10.6 Å². The molecule has 1 aliphatic heterocycles. The number of aryl methyl sites for hydroxylation is 1. The Bertz CT molecular complexity index is 515. The first kappa shape index (κ1) is 23.1. The normalized spacial score (nSPS) is 16.2. The Hall–Kier alpha value is -0.930. The third-order valence-electron chi connectivity index (χ3n) is 4.65. The Morgan fingerprint density at radius 3 is 2.73 bits per heavy atom. The fraction of sp³-hybridized carbons (Fsp3) is 0.684. The number of hydrogen-bond donors (Lipinski definition) is 2. The molecule has 0 bridgehead atoms. The number of halogens is 1. The molecule has 0 spiro atoms. The van der Waals surface area contributed by atoms with Gasteiger partial charge in [-0.3, -0.25) is 9.98 Å². The highest BCUT2D eigenvalue weighted by Gasteiger charge is 2.19. The number of guanidine groups is 1. The van der Waals surface area contributed by atoms with Crippen LogP contribution in [0, 0.1) is 6.92 Å². The van der Waals surface area contributed by atoms with Gasteiger partial charge in [-0.15, -0.1) is 24.0 Å². The minimum atomic E-state index is 0. The first-order valence-corrected chi connectivity index (χ1v) is 9.31. The van der Waals surface area contributed by atoms with Crippen LogP contribution in [0.1, 0.15) is 30.5 Å². The zero-order chi connectivity index (χ0) is 17.9. The van der Waals surface area contributed by atoms with Crippen molar-refractivity contribution in [3.05, 3.63) is 29.6 Å². The second-order valence-electron chi connectivity index (χ2n) is 6.66. The summed E-state index contributed by atoms with van der Waals surface area (Å²) in [6, 6.07) is 4.70. The van der Waals surface area contributed by atoms with Crippen LogP contribution in [0.3, 0.4) is 0 Å². The molecular formula is C19H34IN5O. The lowest BCUT2D eigenvalue weighted by atomic mass is 10.1. The number of likely N-dealkylation sites (tertiary alicyclic amines) is 1. The van der Waals surface area contributed by atoms with E-state index < -0.39 is 0 Å². The van der Waals surface area contributed by atoms with Gasteiger partial charge in [-0.05, 0) is 44.2 Å². The van der Waals surface area contributed by atoms with E-state index in [-0.39, 0.29) is 24.0 Å². The minimum Gasteiger partial charge on any atom is -0.385 e. The van der Waals surface area contributed by atoms with Gasteiger partial charge in [-0.2, -0.15) is 0 Å². The lowest BCUT2D eigenvalue weighted by Crippen LogP contribution is -2.49. The van der Waals surface area contributed by atoms with Crippen molar-refractivity contribution in [2.45, 2.75) is 38.6 Å². The standard InChI is InChI=1S/C19H33N5O.HI/c1-16-5-6-17(15-22-16)7-10-21-19(20-2)23-18-8-12-24(13-9-18)11-4-14-25-3;/h5-6,15,18H,4,7-14H2,1-3H3,(H2,20,21,23);1H. The lowest BCUT2D eigenvalue weighted by molar-refractivity contribution is 0.155. The summed E-state index contributed by atoms with van der Waals surface area (Å²) in [5.41, 5.74) is 2.31. The SMILES string of the molecule is CN=C(NCCc1ccc(C)nc1)NC1CCN(CCCOC)CC1.I. The summed E-state index contributed by atoms with van der Waals surface area (Å²) >= 11 is 0. The Balaban J connectivity index is 0.00000338. The van der Waals surface area contributed by atoms with Gasteiger partial charge in [0.1, 0.15) is 0 Å². The third-order valence-corrected chi connectivity index (χ3v) is 4.65. The molecule has 148 valence electrons. The molecule has 2 N–H and O–H groups in total. The molecule has 0 unspecified atom stereocenters. The van der Waals surface area contributed by atoms with Crippen molar-refractivity contribution in [3.63, 3.8) is 0 Å². The molecule has 1 aromatic rings. The summed E-state index contributed by atoms with van der Waals surface area (Å²) in [7, 11) is 3.60. The number of aromatic nitrogens is 1. The fourth-order valence-electron chi connectivity index (χ4n) is 3.09. The van der Waals surface area contributed by atoms with Crippen LogP contribution in [-0.4, -0.2) is 68.8 Å². The first-order valence-electron chi connectivity index (χ1n) is 9.31. The van der Waals surface area contributed by atoms with Crippen LogP contribution in [0.25, 0.3) is 0 Å². The number of piperidine rings is 1. The Morgan fingerprint density at radius 2 is 2.12 bits per heavy atom. The molecule has 0 radical (unpaired) electrons. The van der Waals surface area contributed by atoms with Gasteiger partial charge >= 0.3 is 0 Å². The van der Waals surface area contributed by atoms with E-state index in [4.69, 9.17) is 4.74 Å². The molecule has 26 heavy (non-hydrogen) atoms. The van der Waals surface area contributed by atoms with Gasteiger partial charge in [0.25, 0.3) is 0 Å². The number of hydrogen-bond acceptors (Lipinski definition) is 4. The summed E-state index contributed by atoms with van der Waals surface area (Å²) in [6.45, 7) is 7.15. The van der Waals surface area contributed by atoms with Crippen molar-refractivity contribution in [1.29, 1.82) is 0 Å². The summed E-state index contributed by atoms with van der Waals surface area (Å²) in [5, 5.41) is 6.97. The predicted molar refractivity (Wildman–Crippen MR) is 119 cm³/mol. The second-order valence-corrected chi connectivity index (χ2v) is 6.66. The zero-order valence-electron chi connectivity index (χ0n) is 16.3. The second kappa shape index (κ2) is 13.3. The van der Waals surface area contributed by atoms with E-state index in [0.29, 0.717) is 6.04 Å². The maximum absolute atomic E-state index is 5.13. The molecule has 0 atom stereocenters. The summed E-state index contributed by atoms with van der Waals surface area (Å²) in [4.78, 5) is 11.2. The van der Waals surface area contributed by atoms with Crippen LogP contribution in [0.5, 0.6) is 0 Å². The van der Waals surface area contributed by atoms with Gasteiger partial charge in [0.2, 0.25) is 0 Å². The van der Waals surface area contributed by atoms with Crippen molar-refractivity contribution in [2.24, 2.45) is 4.99 Å². The molecule has 0 aromatic carbocycles. The smallest absolute Gasteiger partial charge is 0.191 e. The molecule has 1 saturated heterocycles. The molecule has 0 saturated carbocycles. The molecule has 7 heteroatoms. The Kier molecular flexibility index (Phi) is 11.8. The third kappa shape index (κ3) is 8.64. The average molecular weight is 475 g/mol. The first-order chi connectivity index (χ1) is 12.2. The van der Waals surface area contributed by atoms with Crippen LogP contribution in [0.4, 0.5) is 0 Å². The molecular weight excluding hydrogens is 441 g/mol. The van der Waals surface area contributed by atoms with Gasteiger partial charge in [0.15, 0.2) is 5.96 Å². The van der Waals surface area contributed by atoms with E-state index in [1.165, 1.54) is 5.56 Å². The maximum atomic E-state index is 5.13.